The molecule has 0 aliphatic heterocycles. The Balaban J connectivity index is 2.04. The van der Waals surface area contributed by atoms with Crippen molar-refractivity contribution in [1.29, 1.82) is 0 Å². The number of hydrogen-bond acceptors (Lipinski definition) is 4. The minimum absolute atomic E-state index is 0.225. The first-order valence-corrected chi connectivity index (χ1v) is 7.08. The molecule has 3 rings (SSSR count). The maximum Gasteiger partial charge on any atom is 0.282 e. The Bertz CT molecular complexity index is 674. The van der Waals surface area contributed by atoms with Crippen LogP contribution in [-0.4, -0.2) is 23.6 Å². The quantitative estimate of drug-likeness (QED) is 0.844. The number of H-pyrrole nitrogens is 1. The molecule has 0 unspecified atom stereocenters. The molecule has 18 heavy (non-hydrogen) atoms. The fraction of sp³-hybridized carbons (Fsp3) is 0.273. The Morgan fingerprint density at radius 3 is 2.39 bits per heavy atom. The number of aromatic amines is 1. The molecule has 7 heteroatoms. The van der Waals surface area contributed by atoms with E-state index >= 15 is 0 Å². The van der Waals surface area contributed by atoms with Crippen molar-refractivity contribution in [1.82, 2.24) is 15.2 Å². The van der Waals surface area contributed by atoms with Gasteiger partial charge in [-0.15, -0.1) is 5.10 Å². The van der Waals surface area contributed by atoms with Crippen molar-refractivity contribution in [3.05, 3.63) is 41.7 Å². The molecule has 94 valence electrons. The van der Waals surface area contributed by atoms with Crippen LogP contribution >= 0.6 is 0 Å². The van der Waals surface area contributed by atoms with Crippen LogP contribution in [-0.2, 0) is 15.4 Å². The summed E-state index contributed by atoms with van der Waals surface area (Å²) in [6.45, 7) is 0. The van der Waals surface area contributed by atoms with Crippen LogP contribution < -0.4 is 5.14 Å². The van der Waals surface area contributed by atoms with E-state index in [0.717, 1.165) is 18.4 Å². The van der Waals surface area contributed by atoms with E-state index in [-0.39, 0.29) is 10.6 Å². The number of hydrogen-bond donors (Lipinski definition) is 2. The molecule has 1 aliphatic rings. The number of rotatable bonds is 3. The normalized spacial score (nSPS) is 17.6. The van der Waals surface area contributed by atoms with Gasteiger partial charge in [0.05, 0.1) is 5.41 Å². The molecule has 0 atom stereocenters. The molecule has 0 bridgehead atoms. The van der Waals surface area contributed by atoms with Crippen molar-refractivity contribution in [3.8, 4) is 0 Å². The maximum atomic E-state index is 11.2. The second-order valence-electron chi connectivity index (χ2n) is 4.46. The standard InChI is InChI=1S/C11H12N4O2S/c12-18(16,17)10-13-9(14-15-10)11(6-7-11)8-4-2-1-3-5-8/h1-5H,6-7H2,(H2,12,16,17)(H,13,14,15). The lowest BCUT2D eigenvalue weighted by Gasteiger charge is -2.11. The number of sulfonamides is 1. The number of nitrogens with zero attached hydrogens (tertiary/aromatic N) is 2. The van der Waals surface area contributed by atoms with Gasteiger partial charge in [-0.3, -0.25) is 5.10 Å². The zero-order valence-corrected chi connectivity index (χ0v) is 10.3. The number of benzene rings is 1. The summed E-state index contributed by atoms with van der Waals surface area (Å²) in [5.74, 6) is 0.567. The van der Waals surface area contributed by atoms with Gasteiger partial charge in [-0.25, -0.2) is 18.5 Å². The molecule has 1 aliphatic carbocycles. The summed E-state index contributed by atoms with van der Waals surface area (Å²) in [7, 11) is -3.85. The third-order valence-corrected chi connectivity index (χ3v) is 3.94. The number of nitrogens with two attached hydrogens (primary N) is 1. The van der Waals surface area contributed by atoms with Gasteiger partial charge in [-0.05, 0) is 18.4 Å². The van der Waals surface area contributed by atoms with E-state index in [1.165, 1.54) is 0 Å². The Kier molecular flexibility index (Phi) is 2.29. The van der Waals surface area contributed by atoms with Crippen LogP contribution in [0.15, 0.2) is 35.5 Å². The second kappa shape index (κ2) is 3.63. The van der Waals surface area contributed by atoms with Crippen molar-refractivity contribution in [2.75, 3.05) is 0 Å². The first-order chi connectivity index (χ1) is 8.52. The molecule has 1 aromatic heterocycles. The average molecular weight is 264 g/mol. The highest BCUT2D eigenvalue weighted by atomic mass is 32.2. The monoisotopic (exact) mass is 264 g/mol. The Morgan fingerprint density at radius 1 is 1.22 bits per heavy atom. The smallest absolute Gasteiger partial charge is 0.261 e. The third-order valence-electron chi connectivity index (χ3n) is 3.25. The lowest BCUT2D eigenvalue weighted by molar-refractivity contribution is 0.589. The molecule has 1 aromatic carbocycles. The van der Waals surface area contributed by atoms with Gasteiger partial charge >= 0.3 is 0 Å². The Morgan fingerprint density at radius 2 is 1.89 bits per heavy atom. The van der Waals surface area contributed by atoms with E-state index in [1.54, 1.807) is 0 Å². The maximum absolute atomic E-state index is 11.2. The van der Waals surface area contributed by atoms with Gasteiger partial charge in [0.25, 0.3) is 15.2 Å². The van der Waals surface area contributed by atoms with E-state index in [0.29, 0.717) is 5.82 Å². The number of primary sulfonamides is 1. The summed E-state index contributed by atoms with van der Waals surface area (Å²) >= 11 is 0. The molecule has 1 heterocycles. The molecule has 0 radical (unpaired) electrons. The highest BCUT2D eigenvalue weighted by Crippen LogP contribution is 2.51. The summed E-state index contributed by atoms with van der Waals surface area (Å²) < 4.78 is 22.3. The van der Waals surface area contributed by atoms with Gasteiger partial charge in [0, 0.05) is 0 Å². The highest BCUT2D eigenvalue weighted by molar-refractivity contribution is 7.89. The highest BCUT2D eigenvalue weighted by Gasteiger charge is 2.49. The molecular weight excluding hydrogens is 252 g/mol. The fourth-order valence-electron chi connectivity index (χ4n) is 2.13. The van der Waals surface area contributed by atoms with E-state index in [4.69, 9.17) is 5.14 Å². The van der Waals surface area contributed by atoms with Gasteiger partial charge in [0.15, 0.2) is 0 Å². The van der Waals surface area contributed by atoms with Crippen LogP contribution in [0, 0.1) is 0 Å². The van der Waals surface area contributed by atoms with Gasteiger partial charge in [0.2, 0.25) is 0 Å². The molecule has 0 spiro atoms. The van der Waals surface area contributed by atoms with Crippen LogP contribution in [0.5, 0.6) is 0 Å². The first kappa shape index (κ1) is 11.4. The summed E-state index contributed by atoms with van der Waals surface area (Å²) in [4.78, 5) is 4.01. The van der Waals surface area contributed by atoms with Crippen LogP contribution in [0.4, 0.5) is 0 Å². The largest absolute Gasteiger partial charge is 0.282 e. The lowest BCUT2D eigenvalue weighted by Crippen LogP contribution is -2.15. The topological polar surface area (TPSA) is 102 Å². The SMILES string of the molecule is NS(=O)(=O)c1n[nH]c(C2(c3ccccc3)CC2)n1. The average Bonchev–Trinajstić information content (AvgIpc) is 2.99. The summed E-state index contributed by atoms with van der Waals surface area (Å²) in [6.07, 6.45) is 1.85. The summed E-state index contributed by atoms with van der Waals surface area (Å²) in [5.41, 5.74) is 0.888. The molecule has 1 saturated carbocycles. The van der Waals surface area contributed by atoms with Crippen LogP contribution in [0.3, 0.4) is 0 Å². The summed E-state index contributed by atoms with van der Waals surface area (Å²) in [5, 5.41) is 11.0. The van der Waals surface area contributed by atoms with E-state index in [1.807, 2.05) is 30.3 Å². The van der Waals surface area contributed by atoms with E-state index in [9.17, 15) is 8.42 Å². The molecule has 2 aromatic rings. The molecule has 6 nitrogen and oxygen atoms in total. The first-order valence-electron chi connectivity index (χ1n) is 5.54. The lowest BCUT2D eigenvalue weighted by atomic mass is 9.95. The van der Waals surface area contributed by atoms with Crippen LogP contribution in [0.1, 0.15) is 24.2 Å². The second-order valence-corrected chi connectivity index (χ2v) is 5.91. The van der Waals surface area contributed by atoms with Crippen molar-refractivity contribution in [2.45, 2.75) is 23.4 Å². The third kappa shape index (κ3) is 1.72. The van der Waals surface area contributed by atoms with E-state index < -0.39 is 10.0 Å². The van der Waals surface area contributed by atoms with Gasteiger partial charge in [-0.1, -0.05) is 30.3 Å². The molecule has 1 fully saturated rings. The molecular formula is C11H12N4O2S. The number of nitrogens with one attached hydrogen (secondary N) is 1. The zero-order chi connectivity index (χ0) is 12.8. The predicted octanol–water partition coefficient (Wildman–Crippen LogP) is 0.532. The zero-order valence-electron chi connectivity index (χ0n) is 9.50. The Labute approximate surface area is 104 Å². The number of aromatic nitrogens is 3. The fourth-order valence-corrected chi connectivity index (χ4v) is 2.52. The van der Waals surface area contributed by atoms with Crippen LogP contribution in [0.2, 0.25) is 0 Å². The minimum atomic E-state index is -3.85. The van der Waals surface area contributed by atoms with Gasteiger partial charge in [0.1, 0.15) is 5.82 Å². The molecule has 3 N–H and O–H groups in total. The van der Waals surface area contributed by atoms with Gasteiger partial charge < -0.3 is 0 Å². The van der Waals surface area contributed by atoms with Crippen molar-refractivity contribution in [3.63, 3.8) is 0 Å². The van der Waals surface area contributed by atoms with Crippen molar-refractivity contribution < 1.29 is 8.42 Å². The van der Waals surface area contributed by atoms with Crippen LogP contribution in [0.25, 0.3) is 0 Å². The molecule has 0 saturated heterocycles. The predicted molar refractivity (Wildman–Crippen MR) is 64.2 cm³/mol. The summed E-state index contributed by atoms with van der Waals surface area (Å²) in [6, 6.07) is 9.85. The Hall–Kier alpha value is -1.73. The van der Waals surface area contributed by atoms with Gasteiger partial charge in [-0.2, -0.15) is 0 Å². The van der Waals surface area contributed by atoms with Crippen molar-refractivity contribution >= 4 is 10.0 Å². The molecule has 0 amide bonds. The minimum Gasteiger partial charge on any atom is -0.261 e. The van der Waals surface area contributed by atoms with E-state index in [2.05, 4.69) is 15.2 Å². The van der Waals surface area contributed by atoms with Crippen molar-refractivity contribution in [2.24, 2.45) is 5.14 Å².